The molecule has 0 amide bonds. The summed E-state index contributed by atoms with van der Waals surface area (Å²) in [6, 6.07) is 0. The lowest BCUT2D eigenvalue weighted by Gasteiger charge is -2.06. The van der Waals surface area contributed by atoms with Crippen molar-refractivity contribution in [2.24, 2.45) is 0 Å². The third-order valence-electron chi connectivity index (χ3n) is 3.04. The standard InChI is InChI=1S/C14H22N2O3S/c1-3-4-5-6-7-8-9-20-12-11(13(17)18)10(2)15-14(19)16-12/h3-9H2,1-2H3,(H,17,18)(H,15,16,19). The van der Waals surface area contributed by atoms with Crippen molar-refractivity contribution in [1.82, 2.24) is 9.97 Å². The van der Waals surface area contributed by atoms with Gasteiger partial charge >= 0.3 is 11.7 Å². The highest BCUT2D eigenvalue weighted by Gasteiger charge is 2.16. The van der Waals surface area contributed by atoms with Crippen molar-refractivity contribution in [1.29, 1.82) is 0 Å². The van der Waals surface area contributed by atoms with Gasteiger partial charge in [-0.3, -0.25) is 0 Å². The molecule has 1 rings (SSSR count). The van der Waals surface area contributed by atoms with Crippen LogP contribution in [0, 0.1) is 6.92 Å². The van der Waals surface area contributed by atoms with Crippen molar-refractivity contribution < 1.29 is 9.90 Å². The molecule has 0 saturated carbocycles. The summed E-state index contributed by atoms with van der Waals surface area (Å²) in [5.74, 6) is -0.251. The maximum Gasteiger partial charge on any atom is 0.346 e. The van der Waals surface area contributed by atoms with E-state index in [1.807, 2.05) is 0 Å². The number of hydrogen-bond donors (Lipinski definition) is 2. The maximum absolute atomic E-state index is 11.3. The number of aryl methyl sites for hydroxylation is 1. The Bertz CT molecular complexity index is 500. The van der Waals surface area contributed by atoms with Gasteiger partial charge in [-0.1, -0.05) is 39.0 Å². The molecule has 2 N–H and O–H groups in total. The molecule has 20 heavy (non-hydrogen) atoms. The minimum Gasteiger partial charge on any atom is -0.478 e. The highest BCUT2D eigenvalue weighted by molar-refractivity contribution is 7.99. The number of nitrogens with one attached hydrogen (secondary N) is 1. The van der Waals surface area contributed by atoms with Gasteiger partial charge < -0.3 is 10.1 Å². The lowest BCUT2D eigenvalue weighted by atomic mass is 10.1. The smallest absolute Gasteiger partial charge is 0.346 e. The molecule has 0 aromatic carbocycles. The first-order chi connectivity index (χ1) is 9.56. The van der Waals surface area contributed by atoms with Crippen LogP contribution >= 0.6 is 11.8 Å². The lowest BCUT2D eigenvalue weighted by molar-refractivity contribution is 0.0690. The van der Waals surface area contributed by atoms with E-state index in [2.05, 4.69) is 16.9 Å². The molecule has 0 atom stereocenters. The quantitative estimate of drug-likeness (QED) is 0.415. The van der Waals surface area contributed by atoms with Crippen molar-refractivity contribution in [2.75, 3.05) is 5.75 Å². The number of hydrogen-bond acceptors (Lipinski definition) is 4. The average molecular weight is 298 g/mol. The van der Waals surface area contributed by atoms with Crippen LogP contribution in [0.15, 0.2) is 9.82 Å². The molecule has 0 bridgehead atoms. The van der Waals surface area contributed by atoms with Gasteiger partial charge in [0.05, 0.1) is 0 Å². The fraction of sp³-hybridized carbons (Fsp3) is 0.643. The largest absolute Gasteiger partial charge is 0.478 e. The zero-order valence-corrected chi connectivity index (χ0v) is 12.9. The summed E-state index contributed by atoms with van der Waals surface area (Å²) in [4.78, 5) is 28.7. The van der Waals surface area contributed by atoms with E-state index in [1.165, 1.54) is 37.4 Å². The van der Waals surface area contributed by atoms with Gasteiger partial charge in [0.15, 0.2) is 0 Å². The van der Waals surface area contributed by atoms with Crippen LogP contribution in [0.1, 0.15) is 61.5 Å². The highest BCUT2D eigenvalue weighted by Crippen LogP contribution is 2.22. The number of thioether (sulfide) groups is 1. The number of nitrogens with zero attached hydrogens (tertiary/aromatic N) is 1. The second kappa shape index (κ2) is 8.79. The second-order valence-corrected chi connectivity index (χ2v) is 5.85. The Balaban J connectivity index is 2.51. The SMILES string of the molecule is CCCCCCCCSc1nc(=O)[nH]c(C)c1C(=O)O. The lowest BCUT2D eigenvalue weighted by Crippen LogP contribution is -2.18. The van der Waals surface area contributed by atoms with Gasteiger partial charge in [-0.25, -0.2) is 9.59 Å². The summed E-state index contributed by atoms with van der Waals surface area (Å²) in [5.41, 5.74) is -0.0125. The summed E-state index contributed by atoms with van der Waals surface area (Å²) in [7, 11) is 0. The van der Waals surface area contributed by atoms with E-state index in [1.54, 1.807) is 6.92 Å². The van der Waals surface area contributed by atoms with Gasteiger partial charge in [-0.05, 0) is 19.1 Å². The van der Waals surface area contributed by atoms with Crippen LogP contribution < -0.4 is 5.69 Å². The zero-order valence-electron chi connectivity index (χ0n) is 12.1. The number of rotatable bonds is 9. The summed E-state index contributed by atoms with van der Waals surface area (Å²) >= 11 is 1.36. The summed E-state index contributed by atoms with van der Waals surface area (Å²) < 4.78 is 0. The van der Waals surface area contributed by atoms with Crippen molar-refractivity contribution >= 4 is 17.7 Å². The van der Waals surface area contributed by atoms with Crippen molar-refractivity contribution in [3.63, 3.8) is 0 Å². The number of carbonyl (C=O) groups is 1. The molecule has 0 radical (unpaired) electrons. The van der Waals surface area contributed by atoms with Crippen LogP contribution in [0.2, 0.25) is 0 Å². The predicted octanol–water partition coefficient (Wildman–Crippen LogP) is 3.23. The van der Waals surface area contributed by atoms with Crippen LogP contribution in [0.25, 0.3) is 0 Å². The van der Waals surface area contributed by atoms with E-state index < -0.39 is 11.7 Å². The monoisotopic (exact) mass is 298 g/mol. The Morgan fingerprint density at radius 1 is 1.25 bits per heavy atom. The minimum absolute atomic E-state index is 0.112. The second-order valence-electron chi connectivity index (χ2n) is 4.77. The minimum atomic E-state index is -1.04. The Morgan fingerprint density at radius 3 is 2.55 bits per heavy atom. The van der Waals surface area contributed by atoms with Gasteiger partial charge in [0.25, 0.3) is 0 Å². The van der Waals surface area contributed by atoms with Gasteiger partial charge in [-0.2, -0.15) is 4.98 Å². The first-order valence-corrected chi connectivity index (χ1v) is 8.01. The van der Waals surface area contributed by atoms with Gasteiger partial charge in [-0.15, -0.1) is 11.8 Å². The summed E-state index contributed by atoms with van der Waals surface area (Å²) in [6.45, 7) is 3.77. The molecular weight excluding hydrogens is 276 g/mol. The van der Waals surface area contributed by atoms with Crippen LogP contribution in [0.3, 0.4) is 0 Å². The van der Waals surface area contributed by atoms with E-state index in [4.69, 9.17) is 5.11 Å². The fourth-order valence-electron chi connectivity index (χ4n) is 1.97. The molecule has 5 nitrogen and oxygen atoms in total. The van der Waals surface area contributed by atoms with E-state index in [9.17, 15) is 9.59 Å². The van der Waals surface area contributed by atoms with Crippen molar-refractivity contribution in [3.05, 3.63) is 21.7 Å². The molecule has 0 spiro atoms. The fourth-order valence-corrected chi connectivity index (χ4v) is 3.04. The first kappa shape index (κ1) is 16.8. The van der Waals surface area contributed by atoms with E-state index >= 15 is 0 Å². The van der Waals surface area contributed by atoms with Crippen LogP contribution in [0.4, 0.5) is 0 Å². The van der Waals surface area contributed by atoms with Crippen molar-refractivity contribution in [2.45, 2.75) is 57.4 Å². The van der Waals surface area contributed by atoms with Crippen LogP contribution in [-0.4, -0.2) is 26.8 Å². The third kappa shape index (κ3) is 5.36. The molecular formula is C14H22N2O3S. The number of H-pyrrole nitrogens is 1. The molecule has 1 heterocycles. The molecule has 0 fully saturated rings. The normalized spacial score (nSPS) is 10.7. The molecule has 0 saturated heterocycles. The van der Waals surface area contributed by atoms with E-state index in [0.29, 0.717) is 10.7 Å². The Hall–Kier alpha value is -1.30. The Labute approximate surface area is 123 Å². The third-order valence-corrected chi connectivity index (χ3v) is 4.10. The molecule has 0 aliphatic heterocycles. The van der Waals surface area contributed by atoms with Gasteiger partial charge in [0.2, 0.25) is 0 Å². The number of carboxylic acid groups (broad SMARTS) is 1. The summed E-state index contributed by atoms with van der Waals surface area (Å²) in [6.07, 6.45) is 7.11. The Kier molecular flexibility index (Phi) is 7.36. The van der Waals surface area contributed by atoms with Gasteiger partial charge in [0, 0.05) is 5.69 Å². The number of aromatic carboxylic acids is 1. The van der Waals surface area contributed by atoms with E-state index in [-0.39, 0.29) is 5.56 Å². The number of carboxylic acids is 1. The highest BCUT2D eigenvalue weighted by atomic mass is 32.2. The molecule has 1 aromatic heterocycles. The topological polar surface area (TPSA) is 83.0 Å². The van der Waals surface area contributed by atoms with Crippen LogP contribution in [0.5, 0.6) is 0 Å². The average Bonchev–Trinajstić information content (AvgIpc) is 2.36. The summed E-state index contributed by atoms with van der Waals surface area (Å²) in [5, 5.41) is 9.49. The maximum atomic E-state index is 11.3. The van der Waals surface area contributed by atoms with E-state index in [0.717, 1.165) is 18.6 Å². The molecule has 0 unspecified atom stereocenters. The van der Waals surface area contributed by atoms with Gasteiger partial charge in [0.1, 0.15) is 10.6 Å². The molecule has 0 aliphatic rings. The Morgan fingerprint density at radius 2 is 1.90 bits per heavy atom. The predicted molar refractivity (Wildman–Crippen MR) is 80.7 cm³/mol. The van der Waals surface area contributed by atoms with Crippen molar-refractivity contribution in [3.8, 4) is 0 Å². The number of aromatic nitrogens is 2. The number of aromatic amines is 1. The molecule has 1 aromatic rings. The molecule has 112 valence electrons. The first-order valence-electron chi connectivity index (χ1n) is 7.03. The molecule has 0 aliphatic carbocycles. The zero-order chi connectivity index (χ0) is 15.0. The molecule has 6 heteroatoms. The number of unbranched alkanes of at least 4 members (excludes halogenated alkanes) is 5. The van der Waals surface area contributed by atoms with Crippen LogP contribution in [-0.2, 0) is 0 Å².